The van der Waals surface area contributed by atoms with Gasteiger partial charge in [0.05, 0.1) is 29.5 Å². The van der Waals surface area contributed by atoms with Crippen LogP contribution in [-0.4, -0.2) is 33.2 Å². The SMILES string of the molecule is O=C1N[C@H](CC(=O)N2CCC[C@@H]2c2nc3ccccc3[nH]2)c2ccccc21. The number of carbonyl (C=O) groups excluding carboxylic acids is 2. The van der Waals surface area contributed by atoms with Gasteiger partial charge in [-0.25, -0.2) is 4.98 Å². The highest BCUT2D eigenvalue weighted by Gasteiger charge is 2.36. The second-order valence-corrected chi connectivity index (χ2v) is 7.20. The summed E-state index contributed by atoms with van der Waals surface area (Å²) in [5.74, 6) is 0.802. The molecule has 1 fully saturated rings. The number of aromatic nitrogens is 2. The molecule has 27 heavy (non-hydrogen) atoms. The molecule has 2 aliphatic rings. The highest BCUT2D eigenvalue weighted by molar-refractivity contribution is 5.99. The van der Waals surface area contributed by atoms with Crippen molar-refractivity contribution < 1.29 is 9.59 Å². The quantitative estimate of drug-likeness (QED) is 0.753. The summed E-state index contributed by atoms with van der Waals surface area (Å²) in [5.41, 5.74) is 3.49. The van der Waals surface area contributed by atoms with Crippen molar-refractivity contribution in [2.45, 2.75) is 31.3 Å². The number of carbonyl (C=O) groups is 2. The van der Waals surface area contributed by atoms with E-state index in [1.807, 2.05) is 53.4 Å². The van der Waals surface area contributed by atoms with Crippen LogP contribution in [0.3, 0.4) is 0 Å². The fourth-order valence-corrected chi connectivity index (χ4v) is 4.25. The van der Waals surface area contributed by atoms with Crippen LogP contribution in [0.5, 0.6) is 0 Å². The molecule has 1 aromatic heterocycles. The van der Waals surface area contributed by atoms with Crippen molar-refractivity contribution in [2.75, 3.05) is 6.54 Å². The van der Waals surface area contributed by atoms with E-state index in [0.717, 1.165) is 41.8 Å². The monoisotopic (exact) mass is 360 g/mol. The molecule has 136 valence electrons. The molecule has 2 aromatic carbocycles. The Morgan fingerprint density at radius 1 is 1.15 bits per heavy atom. The highest BCUT2D eigenvalue weighted by atomic mass is 16.2. The molecule has 0 saturated carbocycles. The van der Waals surface area contributed by atoms with Crippen LogP contribution in [-0.2, 0) is 4.79 Å². The van der Waals surface area contributed by atoms with Crippen molar-refractivity contribution in [1.82, 2.24) is 20.2 Å². The topological polar surface area (TPSA) is 78.1 Å². The lowest BCUT2D eigenvalue weighted by atomic mass is 10.0. The van der Waals surface area contributed by atoms with Gasteiger partial charge in [0, 0.05) is 12.1 Å². The summed E-state index contributed by atoms with van der Waals surface area (Å²) < 4.78 is 0. The Labute approximate surface area is 156 Å². The number of nitrogens with one attached hydrogen (secondary N) is 2. The fraction of sp³-hybridized carbons (Fsp3) is 0.286. The summed E-state index contributed by atoms with van der Waals surface area (Å²) in [6.45, 7) is 0.725. The summed E-state index contributed by atoms with van der Waals surface area (Å²) >= 11 is 0. The minimum absolute atomic E-state index is 0.0303. The van der Waals surface area contributed by atoms with Crippen LogP contribution in [0.2, 0.25) is 0 Å². The Morgan fingerprint density at radius 2 is 1.96 bits per heavy atom. The molecular formula is C21H20N4O2. The molecule has 5 rings (SSSR count). The lowest BCUT2D eigenvalue weighted by Crippen LogP contribution is -2.34. The molecule has 0 aliphatic carbocycles. The van der Waals surface area contributed by atoms with E-state index in [4.69, 9.17) is 0 Å². The third-order valence-electron chi connectivity index (χ3n) is 5.56. The van der Waals surface area contributed by atoms with E-state index < -0.39 is 0 Å². The van der Waals surface area contributed by atoms with Gasteiger partial charge in [0.15, 0.2) is 0 Å². The van der Waals surface area contributed by atoms with Gasteiger partial charge >= 0.3 is 0 Å². The third kappa shape index (κ3) is 2.68. The predicted molar refractivity (Wildman–Crippen MR) is 101 cm³/mol. The van der Waals surface area contributed by atoms with Gasteiger partial charge in [0.2, 0.25) is 5.91 Å². The van der Waals surface area contributed by atoms with Crippen molar-refractivity contribution in [3.05, 3.63) is 65.5 Å². The van der Waals surface area contributed by atoms with Gasteiger partial charge < -0.3 is 15.2 Å². The van der Waals surface area contributed by atoms with E-state index in [1.165, 1.54) is 0 Å². The van der Waals surface area contributed by atoms with Crippen LogP contribution in [0.15, 0.2) is 48.5 Å². The zero-order valence-electron chi connectivity index (χ0n) is 14.8. The van der Waals surface area contributed by atoms with Crippen molar-refractivity contribution in [3.63, 3.8) is 0 Å². The average Bonchev–Trinajstić information content (AvgIpc) is 3.39. The van der Waals surface area contributed by atoms with E-state index >= 15 is 0 Å². The zero-order chi connectivity index (χ0) is 18.4. The molecule has 0 bridgehead atoms. The molecule has 0 unspecified atom stereocenters. The number of H-pyrrole nitrogens is 1. The van der Waals surface area contributed by atoms with Crippen molar-refractivity contribution in [1.29, 1.82) is 0 Å². The molecular weight excluding hydrogens is 340 g/mol. The van der Waals surface area contributed by atoms with Crippen molar-refractivity contribution in [3.8, 4) is 0 Å². The Kier molecular flexibility index (Phi) is 3.70. The Morgan fingerprint density at radius 3 is 2.85 bits per heavy atom. The Hall–Kier alpha value is -3.15. The fourth-order valence-electron chi connectivity index (χ4n) is 4.25. The van der Waals surface area contributed by atoms with Gasteiger partial charge in [-0.1, -0.05) is 30.3 Å². The first-order chi connectivity index (χ1) is 13.2. The lowest BCUT2D eigenvalue weighted by molar-refractivity contribution is -0.132. The van der Waals surface area contributed by atoms with Gasteiger partial charge in [-0.05, 0) is 36.6 Å². The molecule has 2 aliphatic heterocycles. The van der Waals surface area contributed by atoms with Gasteiger partial charge in [-0.3, -0.25) is 9.59 Å². The first-order valence-electron chi connectivity index (χ1n) is 9.34. The number of aromatic amines is 1. The molecule has 2 N–H and O–H groups in total. The van der Waals surface area contributed by atoms with E-state index in [-0.39, 0.29) is 30.3 Å². The third-order valence-corrected chi connectivity index (χ3v) is 5.56. The minimum Gasteiger partial charge on any atom is -0.345 e. The van der Waals surface area contributed by atoms with Crippen molar-refractivity contribution >= 4 is 22.8 Å². The number of benzene rings is 2. The molecule has 6 heteroatoms. The minimum atomic E-state index is -0.252. The van der Waals surface area contributed by atoms with Crippen LogP contribution in [0, 0.1) is 0 Å². The van der Waals surface area contributed by atoms with Gasteiger partial charge in [-0.15, -0.1) is 0 Å². The number of likely N-dealkylation sites (tertiary alicyclic amines) is 1. The zero-order valence-corrected chi connectivity index (χ0v) is 14.8. The van der Waals surface area contributed by atoms with E-state index in [9.17, 15) is 9.59 Å². The number of nitrogens with zero attached hydrogens (tertiary/aromatic N) is 2. The molecule has 3 aromatic rings. The van der Waals surface area contributed by atoms with Crippen LogP contribution in [0.4, 0.5) is 0 Å². The van der Waals surface area contributed by atoms with Crippen LogP contribution in [0.25, 0.3) is 11.0 Å². The molecule has 2 amide bonds. The number of imidazole rings is 1. The maximum absolute atomic E-state index is 13.0. The molecule has 3 heterocycles. The molecule has 0 radical (unpaired) electrons. The second kappa shape index (κ2) is 6.23. The van der Waals surface area contributed by atoms with Gasteiger partial charge in [-0.2, -0.15) is 0 Å². The Balaban J connectivity index is 1.37. The normalized spacial score (nSPS) is 21.5. The van der Waals surface area contributed by atoms with E-state index in [1.54, 1.807) is 0 Å². The first kappa shape index (κ1) is 16.1. The highest BCUT2D eigenvalue weighted by Crippen LogP contribution is 2.34. The second-order valence-electron chi connectivity index (χ2n) is 7.20. The summed E-state index contributed by atoms with van der Waals surface area (Å²) in [5, 5.41) is 2.94. The Bertz CT molecular complexity index is 1010. The molecule has 1 saturated heterocycles. The maximum atomic E-state index is 13.0. The van der Waals surface area contributed by atoms with Gasteiger partial charge in [0.1, 0.15) is 5.82 Å². The van der Waals surface area contributed by atoms with Crippen LogP contribution < -0.4 is 5.32 Å². The lowest BCUT2D eigenvalue weighted by Gasteiger charge is -2.25. The number of hydrogen-bond acceptors (Lipinski definition) is 3. The molecule has 2 atom stereocenters. The molecule has 0 spiro atoms. The van der Waals surface area contributed by atoms with Crippen LogP contribution in [0.1, 0.15) is 53.1 Å². The molecule has 6 nitrogen and oxygen atoms in total. The largest absolute Gasteiger partial charge is 0.345 e. The number of rotatable bonds is 3. The first-order valence-corrected chi connectivity index (χ1v) is 9.34. The van der Waals surface area contributed by atoms with Crippen LogP contribution >= 0.6 is 0 Å². The summed E-state index contributed by atoms with van der Waals surface area (Å²) in [6.07, 6.45) is 2.14. The number of fused-ring (bicyclic) bond motifs is 2. The smallest absolute Gasteiger partial charge is 0.252 e. The predicted octanol–water partition coefficient (Wildman–Crippen LogP) is 3.10. The summed E-state index contributed by atoms with van der Waals surface area (Å²) in [7, 11) is 0. The maximum Gasteiger partial charge on any atom is 0.252 e. The van der Waals surface area contributed by atoms with Crippen molar-refractivity contribution in [2.24, 2.45) is 0 Å². The standard InChI is InChI=1S/C21H20N4O2/c26-19(12-17-13-6-1-2-7-14(13)21(27)24-17)25-11-5-10-18(25)20-22-15-8-3-4-9-16(15)23-20/h1-4,6-9,17-18H,5,10-12H2,(H,22,23)(H,24,27)/t17-,18-/m1/s1. The average molecular weight is 360 g/mol. The summed E-state index contributed by atoms with van der Waals surface area (Å²) in [6, 6.07) is 15.1. The van der Waals surface area contributed by atoms with Gasteiger partial charge in [0.25, 0.3) is 5.91 Å². The summed E-state index contributed by atoms with van der Waals surface area (Å²) in [4.78, 5) is 35.1. The number of para-hydroxylation sites is 2. The van der Waals surface area contributed by atoms with E-state index in [0.29, 0.717) is 5.56 Å². The number of hydrogen-bond donors (Lipinski definition) is 2. The van der Waals surface area contributed by atoms with E-state index in [2.05, 4.69) is 15.3 Å². The number of amides is 2.